The van der Waals surface area contributed by atoms with Crippen molar-refractivity contribution in [1.29, 1.82) is 0 Å². The van der Waals surface area contributed by atoms with Crippen molar-refractivity contribution in [3.05, 3.63) is 60.7 Å². The number of aromatic nitrogens is 5. The van der Waals surface area contributed by atoms with E-state index in [9.17, 15) is 0 Å². The number of nitrogens with zero attached hydrogens (tertiary/aromatic N) is 6. The van der Waals surface area contributed by atoms with Crippen molar-refractivity contribution >= 4 is 17.6 Å². The minimum Gasteiger partial charge on any atom is -0.368 e. The lowest BCUT2D eigenvalue weighted by atomic mass is 10.2. The van der Waals surface area contributed by atoms with E-state index in [-0.39, 0.29) is 17.6 Å². The third-order valence-corrected chi connectivity index (χ3v) is 3.73. The van der Waals surface area contributed by atoms with Crippen LogP contribution in [0.3, 0.4) is 0 Å². The zero-order valence-electron chi connectivity index (χ0n) is 13.9. The lowest BCUT2D eigenvalue weighted by molar-refractivity contribution is 0.432. The van der Waals surface area contributed by atoms with Gasteiger partial charge in [0.2, 0.25) is 23.5 Å². The van der Waals surface area contributed by atoms with Crippen molar-refractivity contribution in [2.75, 3.05) is 17.7 Å². The fourth-order valence-electron chi connectivity index (χ4n) is 2.41. The fraction of sp³-hybridized carbons (Fsp3) is 0.0556. The first-order valence-electron chi connectivity index (χ1n) is 7.90. The van der Waals surface area contributed by atoms with Crippen LogP contribution in [-0.4, -0.2) is 32.1 Å². The summed E-state index contributed by atoms with van der Waals surface area (Å²) in [6.07, 6.45) is 0. The molecule has 0 saturated heterocycles. The summed E-state index contributed by atoms with van der Waals surface area (Å²) in [5.74, 6) is 1.36. The van der Waals surface area contributed by atoms with Crippen molar-refractivity contribution < 1.29 is 4.52 Å². The van der Waals surface area contributed by atoms with Crippen molar-refractivity contribution in [2.24, 2.45) is 0 Å². The Hall–Kier alpha value is -3.81. The Morgan fingerprint density at radius 1 is 0.808 bits per heavy atom. The van der Waals surface area contributed by atoms with E-state index in [1.807, 2.05) is 67.7 Å². The average Bonchev–Trinajstić information content (AvgIpc) is 3.19. The van der Waals surface area contributed by atoms with E-state index < -0.39 is 0 Å². The summed E-state index contributed by atoms with van der Waals surface area (Å²) in [6.45, 7) is 0. The molecule has 0 fully saturated rings. The molecule has 0 radical (unpaired) electrons. The molecule has 0 aliphatic carbocycles. The van der Waals surface area contributed by atoms with Gasteiger partial charge in [-0.15, -0.1) is 0 Å². The van der Waals surface area contributed by atoms with E-state index in [0.717, 1.165) is 11.3 Å². The second-order valence-electron chi connectivity index (χ2n) is 5.50. The highest BCUT2D eigenvalue weighted by molar-refractivity contribution is 5.60. The van der Waals surface area contributed by atoms with E-state index in [0.29, 0.717) is 11.8 Å². The highest BCUT2D eigenvalue weighted by atomic mass is 16.5. The van der Waals surface area contributed by atoms with Crippen molar-refractivity contribution in [2.45, 2.75) is 0 Å². The van der Waals surface area contributed by atoms with Crippen LogP contribution in [0.2, 0.25) is 0 Å². The first-order chi connectivity index (χ1) is 12.7. The highest BCUT2D eigenvalue weighted by Gasteiger charge is 2.17. The number of rotatable bonds is 4. The maximum Gasteiger partial charge on any atom is 0.258 e. The smallest absolute Gasteiger partial charge is 0.258 e. The van der Waals surface area contributed by atoms with Gasteiger partial charge in [0.05, 0.1) is 0 Å². The molecule has 128 valence electrons. The van der Waals surface area contributed by atoms with Crippen LogP contribution in [-0.2, 0) is 0 Å². The summed E-state index contributed by atoms with van der Waals surface area (Å²) in [5, 5.41) is 3.96. The number of hydrogen-bond acceptors (Lipinski definition) is 8. The van der Waals surface area contributed by atoms with Crippen LogP contribution in [0.4, 0.5) is 17.6 Å². The molecule has 26 heavy (non-hydrogen) atoms. The molecule has 2 heterocycles. The largest absolute Gasteiger partial charge is 0.368 e. The van der Waals surface area contributed by atoms with Crippen LogP contribution in [0.15, 0.2) is 65.2 Å². The maximum atomic E-state index is 5.86. The average molecular weight is 345 g/mol. The molecular weight excluding hydrogens is 330 g/mol. The first kappa shape index (κ1) is 15.7. The van der Waals surface area contributed by atoms with Crippen molar-refractivity contribution in [3.8, 4) is 23.1 Å². The Labute approximate surface area is 149 Å². The lowest BCUT2D eigenvalue weighted by Gasteiger charge is -2.17. The zero-order chi connectivity index (χ0) is 17.9. The van der Waals surface area contributed by atoms with E-state index >= 15 is 0 Å². The number of para-hydroxylation sites is 1. The number of anilines is 3. The van der Waals surface area contributed by atoms with Gasteiger partial charge in [0.1, 0.15) is 0 Å². The Morgan fingerprint density at radius 2 is 1.50 bits per heavy atom. The van der Waals surface area contributed by atoms with Gasteiger partial charge in [0, 0.05) is 18.3 Å². The van der Waals surface area contributed by atoms with Crippen LogP contribution in [0.5, 0.6) is 0 Å². The predicted molar refractivity (Wildman–Crippen MR) is 97.5 cm³/mol. The number of nitrogen functional groups attached to an aromatic ring is 1. The second-order valence-corrected chi connectivity index (χ2v) is 5.50. The maximum absolute atomic E-state index is 5.86. The highest BCUT2D eigenvalue weighted by Crippen LogP contribution is 2.24. The van der Waals surface area contributed by atoms with Gasteiger partial charge in [-0.2, -0.15) is 19.9 Å². The molecule has 0 atom stereocenters. The summed E-state index contributed by atoms with van der Waals surface area (Å²) in [4.78, 5) is 18.9. The monoisotopic (exact) mass is 345 g/mol. The van der Waals surface area contributed by atoms with Gasteiger partial charge in [-0.1, -0.05) is 41.6 Å². The first-order valence-corrected chi connectivity index (χ1v) is 7.90. The molecule has 0 bridgehead atoms. The summed E-state index contributed by atoms with van der Waals surface area (Å²) >= 11 is 0. The number of nitrogens with two attached hydrogens (primary N) is 1. The van der Waals surface area contributed by atoms with Gasteiger partial charge < -0.3 is 15.2 Å². The molecule has 0 amide bonds. The number of benzene rings is 2. The fourth-order valence-corrected chi connectivity index (χ4v) is 2.41. The van der Waals surface area contributed by atoms with Crippen LogP contribution in [0.25, 0.3) is 23.1 Å². The SMILES string of the molecule is CN(c1ccccc1)c1nc(N)nc(-c2noc(-c3ccccc3)n2)n1. The molecule has 4 aromatic rings. The summed E-state index contributed by atoms with van der Waals surface area (Å²) in [5.41, 5.74) is 7.59. The molecule has 8 nitrogen and oxygen atoms in total. The summed E-state index contributed by atoms with van der Waals surface area (Å²) < 4.78 is 5.31. The molecule has 0 aliphatic heterocycles. The molecule has 2 N–H and O–H groups in total. The van der Waals surface area contributed by atoms with E-state index in [1.165, 1.54) is 0 Å². The molecule has 4 rings (SSSR count). The van der Waals surface area contributed by atoms with Gasteiger partial charge in [-0.05, 0) is 24.3 Å². The van der Waals surface area contributed by atoms with Gasteiger partial charge in [0.25, 0.3) is 5.89 Å². The van der Waals surface area contributed by atoms with Gasteiger partial charge in [-0.3, -0.25) is 0 Å². The topological polar surface area (TPSA) is 107 Å². The van der Waals surface area contributed by atoms with E-state index in [4.69, 9.17) is 10.3 Å². The standard InChI is InChI=1S/C18H15N7O/c1-25(13-10-6-3-7-11-13)18-22-14(21-17(19)23-18)15-20-16(26-24-15)12-8-4-2-5-9-12/h2-11H,1H3,(H2,19,21,22,23). The van der Waals surface area contributed by atoms with Gasteiger partial charge in [-0.25, -0.2) is 0 Å². The van der Waals surface area contributed by atoms with Crippen molar-refractivity contribution in [3.63, 3.8) is 0 Å². The molecule has 2 aromatic carbocycles. The Bertz CT molecular complexity index is 1020. The zero-order valence-corrected chi connectivity index (χ0v) is 13.9. The number of hydrogen-bond donors (Lipinski definition) is 1. The lowest BCUT2D eigenvalue weighted by Crippen LogP contribution is -2.15. The Morgan fingerprint density at radius 3 is 2.23 bits per heavy atom. The predicted octanol–water partition coefficient (Wildman–Crippen LogP) is 2.94. The minimum absolute atomic E-state index is 0.0823. The van der Waals surface area contributed by atoms with Crippen LogP contribution in [0, 0.1) is 0 Å². The molecule has 0 unspecified atom stereocenters. The van der Waals surface area contributed by atoms with Crippen molar-refractivity contribution in [1.82, 2.24) is 25.1 Å². The quantitative estimate of drug-likeness (QED) is 0.601. The summed E-state index contributed by atoms with van der Waals surface area (Å²) in [7, 11) is 1.85. The van der Waals surface area contributed by atoms with E-state index in [1.54, 1.807) is 4.90 Å². The van der Waals surface area contributed by atoms with Gasteiger partial charge >= 0.3 is 0 Å². The second kappa shape index (κ2) is 6.60. The molecular formula is C18H15N7O. The van der Waals surface area contributed by atoms with Crippen LogP contribution < -0.4 is 10.6 Å². The van der Waals surface area contributed by atoms with E-state index in [2.05, 4.69) is 25.1 Å². The normalized spacial score (nSPS) is 10.7. The Balaban J connectivity index is 1.70. The molecule has 0 saturated carbocycles. The van der Waals surface area contributed by atoms with Crippen LogP contribution in [0.1, 0.15) is 0 Å². The molecule has 0 spiro atoms. The molecule has 0 aliphatic rings. The third kappa shape index (κ3) is 3.07. The third-order valence-electron chi connectivity index (χ3n) is 3.73. The summed E-state index contributed by atoms with van der Waals surface area (Å²) in [6, 6.07) is 19.2. The van der Waals surface area contributed by atoms with Crippen LogP contribution >= 0.6 is 0 Å². The molecule has 2 aromatic heterocycles. The molecule has 8 heteroatoms. The minimum atomic E-state index is 0.0823. The van der Waals surface area contributed by atoms with Gasteiger partial charge in [0.15, 0.2) is 0 Å². The Kier molecular flexibility index (Phi) is 3.98.